The molecule has 1 fully saturated rings. The molecule has 0 saturated carbocycles. The lowest BCUT2D eigenvalue weighted by molar-refractivity contribution is -0.132. The molecule has 0 bridgehead atoms. The molecule has 1 unspecified atom stereocenters. The van der Waals surface area contributed by atoms with Crippen LogP contribution in [0.3, 0.4) is 0 Å². The summed E-state index contributed by atoms with van der Waals surface area (Å²) in [6.45, 7) is 6.34. The van der Waals surface area contributed by atoms with Gasteiger partial charge in [-0.3, -0.25) is 14.5 Å². The van der Waals surface area contributed by atoms with E-state index in [0.29, 0.717) is 27.6 Å². The maximum atomic E-state index is 13.3. The van der Waals surface area contributed by atoms with E-state index in [4.69, 9.17) is 16.3 Å². The fraction of sp³-hybridized carbons (Fsp3) is 0.214. The average Bonchev–Trinajstić information content (AvgIpc) is 3.08. The molecule has 4 rings (SSSR count). The second-order valence-electron chi connectivity index (χ2n) is 9.25. The van der Waals surface area contributed by atoms with E-state index in [0.717, 1.165) is 5.56 Å². The van der Waals surface area contributed by atoms with Crippen LogP contribution in [0.15, 0.2) is 78.4 Å². The molecule has 5 nitrogen and oxygen atoms in total. The number of hydrogen-bond acceptors (Lipinski definition) is 4. The molecule has 174 valence electrons. The third-order valence-corrected chi connectivity index (χ3v) is 6.20. The number of benzene rings is 3. The van der Waals surface area contributed by atoms with Crippen molar-refractivity contribution in [2.24, 2.45) is 0 Å². The summed E-state index contributed by atoms with van der Waals surface area (Å²) >= 11 is 6.12. The molecular formula is C28H26ClNO4. The van der Waals surface area contributed by atoms with E-state index < -0.39 is 17.7 Å². The van der Waals surface area contributed by atoms with E-state index in [1.54, 1.807) is 48.5 Å². The number of carbonyl (C=O) groups is 2. The molecule has 34 heavy (non-hydrogen) atoms. The summed E-state index contributed by atoms with van der Waals surface area (Å²) in [7, 11) is 1.54. The first-order chi connectivity index (χ1) is 16.1. The van der Waals surface area contributed by atoms with Crippen molar-refractivity contribution in [3.05, 3.63) is 100 Å². The van der Waals surface area contributed by atoms with Gasteiger partial charge in [-0.05, 0) is 40.8 Å². The summed E-state index contributed by atoms with van der Waals surface area (Å²) in [6, 6.07) is 20.5. The predicted octanol–water partition coefficient (Wildman–Crippen LogP) is 6.27. The zero-order valence-electron chi connectivity index (χ0n) is 19.5. The van der Waals surface area contributed by atoms with Gasteiger partial charge in [0, 0.05) is 22.3 Å². The monoisotopic (exact) mass is 475 g/mol. The summed E-state index contributed by atoms with van der Waals surface area (Å²) < 4.78 is 5.33. The fourth-order valence-electron chi connectivity index (χ4n) is 4.13. The first kappa shape index (κ1) is 23.6. The summed E-state index contributed by atoms with van der Waals surface area (Å²) in [5, 5.41) is 11.6. The molecule has 3 aromatic rings. The first-order valence-corrected chi connectivity index (χ1v) is 11.3. The highest BCUT2D eigenvalue weighted by Crippen LogP contribution is 2.43. The number of rotatable bonds is 4. The number of aliphatic hydroxyl groups excluding tert-OH is 1. The van der Waals surface area contributed by atoms with Crippen LogP contribution in [0, 0.1) is 0 Å². The van der Waals surface area contributed by atoms with Crippen molar-refractivity contribution >= 4 is 34.7 Å². The van der Waals surface area contributed by atoms with E-state index in [1.165, 1.54) is 12.0 Å². The molecule has 0 radical (unpaired) electrons. The number of ether oxygens (including phenoxy) is 1. The lowest BCUT2D eigenvalue weighted by Crippen LogP contribution is -2.29. The van der Waals surface area contributed by atoms with Crippen LogP contribution in [0.5, 0.6) is 5.75 Å². The molecule has 0 aromatic heterocycles. The number of carbonyl (C=O) groups excluding carboxylic acids is 2. The zero-order chi connectivity index (χ0) is 24.6. The summed E-state index contributed by atoms with van der Waals surface area (Å²) in [5.74, 6) is -1.20. The van der Waals surface area contributed by atoms with Gasteiger partial charge in [-0.2, -0.15) is 0 Å². The first-order valence-electron chi connectivity index (χ1n) is 10.9. The van der Waals surface area contributed by atoms with E-state index in [-0.39, 0.29) is 16.7 Å². The van der Waals surface area contributed by atoms with Crippen molar-refractivity contribution in [2.45, 2.75) is 32.2 Å². The number of aliphatic hydroxyl groups is 1. The van der Waals surface area contributed by atoms with Crippen LogP contribution in [0.2, 0.25) is 5.02 Å². The SMILES string of the molecule is COc1cccc(N2C(=O)C(=O)/C(=C(/O)c3cccc(Cl)c3)C2c2ccc(C(C)(C)C)cc2)c1. The quantitative estimate of drug-likeness (QED) is 0.274. The van der Waals surface area contributed by atoms with Crippen molar-refractivity contribution in [2.75, 3.05) is 12.0 Å². The fourth-order valence-corrected chi connectivity index (χ4v) is 4.32. The van der Waals surface area contributed by atoms with Crippen LogP contribution in [0.1, 0.15) is 43.5 Å². The molecular weight excluding hydrogens is 450 g/mol. The Morgan fingerprint density at radius 1 is 0.971 bits per heavy atom. The summed E-state index contributed by atoms with van der Waals surface area (Å²) in [6.07, 6.45) is 0. The Labute approximate surface area is 204 Å². The number of hydrogen-bond donors (Lipinski definition) is 1. The Morgan fingerprint density at radius 2 is 1.65 bits per heavy atom. The highest BCUT2D eigenvalue weighted by molar-refractivity contribution is 6.51. The van der Waals surface area contributed by atoms with Gasteiger partial charge in [0.15, 0.2) is 0 Å². The van der Waals surface area contributed by atoms with Gasteiger partial charge in [-0.1, -0.05) is 74.8 Å². The van der Waals surface area contributed by atoms with E-state index in [2.05, 4.69) is 20.8 Å². The minimum Gasteiger partial charge on any atom is -0.507 e. The maximum Gasteiger partial charge on any atom is 0.300 e. The third-order valence-electron chi connectivity index (χ3n) is 5.97. The van der Waals surface area contributed by atoms with Crippen molar-refractivity contribution < 1.29 is 19.4 Å². The van der Waals surface area contributed by atoms with E-state index >= 15 is 0 Å². The van der Waals surface area contributed by atoms with Gasteiger partial charge in [0.1, 0.15) is 11.5 Å². The predicted molar refractivity (Wildman–Crippen MR) is 134 cm³/mol. The Balaban J connectivity index is 1.94. The van der Waals surface area contributed by atoms with Gasteiger partial charge in [0.25, 0.3) is 11.7 Å². The Hall–Kier alpha value is -3.57. The summed E-state index contributed by atoms with van der Waals surface area (Å²) in [4.78, 5) is 28.0. The number of anilines is 1. The zero-order valence-corrected chi connectivity index (χ0v) is 20.3. The van der Waals surface area contributed by atoms with Crippen molar-refractivity contribution in [1.29, 1.82) is 0 Å². The number of ketones is 1. The van der Waals surface area contributed by atoms with Crippen LogP contribution >= 0.6 is 11.6 Å². The number of amides is 1. The molecule has 1 N–H and O–H groups in total. The molecule has 1 atom stereocenters. The normalized spacial score (nSPS) is 17.8. The Bertz CT molecular complexity index is 1290. The molecule has 1 amide bonds. The topological polar surface area (TPSA) is 66.8 Å². The van der Waals surface area contributed by atoms with Crippen LogP contribution < -0.4 is 9.64 Å². The Kier molecular flexibility index (Phi) is 6.24. The average molecular weight is 476 g/mol. The molecule has 3 aromatic carbocycles. The van der Waals surface area contributed by atoms with Crippen molar-refractivity contribution in [3.8, 4) is 5.75 Å². The highest BCUT2D eigenvalue weighted by Gasteiger charge is 2.47. The third kappa shape index (κ3) is 4.31. The van der Waals surface area contributed by atoms with Gasteiger partial charge >= 0.3 is 0 Å². The second-order valence-corrected chi connectivity index (χ2v) is 9.69. The largest absolute Gasteiger partial charge is 0.507 e. The second kappa shape index (κ2) is 8.99. The van der Waals surface area contributed by atoms with Gasteiger partial charge < -0.3 is 9.84 Å². The lowest BCUT2D eigenvalue weighted by atomic mass is 9.85. The van der Waals surface area contributed by atoms with Crippen molar-refractivity contribution in [1.82, 2.24) is 0 Å². The number of Topliss-reactive ketones (excluding diaryl/α,β-unsaturated/α-hetero) is 1. The van der Waals surface area contributed by atoms with Gasteiger partial charge in [-0.15, -0.1) is 0 Å². The van der Waals surface area contributed by atoms with Crippen LogP contribution in [0.4, 0.5) is 5.69 Å². The van der Waals surface area contributed by atoms with E-state index in [9.17, 15) is 14.7 Å². The molecule has 1 heterocycles. The molecule has 0 spiro atoms. The molecule has 6 heteroatoms. The van der Waals surface area contributed by atoms with Gasteiger partial charge in [0.05, 0.1) is 18.7 Å². The number of halogens is 1. The Morgan fingerprint density at radius 3 is 2.26 bits per heavy atom. The molecule has 1 aliphatic rings. The maximum absolute atomic E-state index is 13.3. The molecule has 1 aliphatic heterocycles. The van der Waals surface area contributed by atoms with E-state index in [1.807, 2.05) is 24.3 Å². The number of nitrogens with zero attached hydrogens (tertiary/aromatic N) is 1. The van der Waals surface area contributed by atoms with Crippen LogP contribution in [-0.2, 0) is 15.0 Å². The molecule has 1 saturated heterocycles. The highest BCUT2D eigenvalue weighted by atomic mass is 35.5. The minimum absolute atomic E-state index is 0.0126. The number of methoxy groups -OCH3 is 1. The van der Waals surface area contributed by atoms with Gasteiger partial charge in [-0.25, -0.2) is 0 Å². The summed E-state index contributed by atoms with van der Waals surface area (Å²) in [5.41, 5.74) is 2.64. The standard InChI is InChI=1S/C28H26ClNO4/c1-28(2,3)19-13-11-17(12-14-19)24-23(25(31)18-7-5-8-20(29)15-18)26(32)27(33)30(24)21-9-6-10-22(16-21)34-4/h5-16,24,31H,1-4H3/b25-23+. The van der Waals surface area contributed by atoms with Gasteiger partial charge in [0.2, 0.25) is 0 Å². The van der Waals surface area contributed by atoms with Crippen LogP contribution in [-0.4, -0.2) is 23.9 Å². The molecule has 0 aliphatic carbocycles. The van der Waals surface area contributed by atoms with Crippen LogP contribution in [0.25, 0.3) is 5.76 Å². The lowest BCUT2D eigenvalue weighted by Gasteiger charge is -2.27. The minimum atomic E-state index is -0.819. The van der Waals surface area contributed by atoms with Crippen molar-refractivity contribution in [3.63, 3.8) is 0 Å². The smallest absolute Gasteiger partial charge is 0.300 e.